The molecule has 0 saturated heterocycles. The van der Waals surface area contributed by atoms with Crippen LogP contribution in [0.4, 0.5) is 5.69 Å². The Hall–Kier alpha value is -0.780. The Labute approximate surface area is 120 Å². The largest absolute Gasteiger partial charge is 0.435 e. The molecule has 0 aliphatic rings. The summed E-state index contributed by atoms with van der Waals surface area (Å²) >= 11 is 12.6. The third kappa shape index (κ3) is 3.12. The average Bonchev–Trinajstić information content (AvgIpc) is 2.25. The number of hydrogen-bond acceptors (Lipinski definition) is 3. The maximum absolute atomic E-state index is 6.03. The molecule has 2 rings (SSSR count). The lowest BCUT2D eigenvalue weighted by molar-refractivity contribution is 0.465. The molecule has 88 valence electrons. The van der Waals surface area contributed by atoms with E-state index in [2.05, 4.69) is 36.8 Å². The van der Waals surface area contributed by atoms with Crippen molar-refractivity contribution in [2.45, 2.75) is 0 Å². The van der Waals surface area contributed by atoms with Gasteiger partial charge < -0.3 is 10.5 Å². The number of nitrogens with two attached hydrogens (primary N) is 1. The van der Waals surface area contributed by atoms with Gasteiger partial charge in [0.1, 0.15) is 5.75 Å². The monoisotopic (exact) mass is 376 g/mol. The number of aromatic nitrogens is 1. The number of halogens is 3. The molecule has 0 amide bonds. The van der Waals surface area contributed by atoms with Crippen LogP contribution in [0.1, 0.15) is 0 Å². The first-order valence-electron chi connectivity index (χ1n) is 4.60. The number of hydrogen-bond donors (Lipinski definition) is 1. The molecular formula is C11H7Br2ClN2O. The van der Waals surface area contributed by atoms with Crippen molar-refractivity contribution < 1.29 is 4.74 Å². The summed E-state index contributed by atoms with van der Waals surface area (Å²) in [4.78, 5) is 4.07. The number of benzene rings is 1. The molecule has 0 unspecified atom stereocenters. The van der Waals surface area contributed by atoms with Crippen LogP contribution in [0, 0.1) is 0 Å². The summed E-state index contributed by atoms with van der Waals surface area (Å²) in [6, 6.07) is 7.03. The molecule has 2 aromatic rings. The highest BCUT2D eigenvalue weighted by molar-refractivity contribution is 9.10. The summed E-state index contributed by atoms with van der Waals surface area (Å²) in [5.41, 5.74) is 6.22. The van der Waals surface area contributed by atoms with E-state index in [9.17, 15) is 0 Å². The minimum Gasteiger partial charge on any atom is -0.435 e. The van der Waals surface area contributed by atoms with Gasteiger partial charge in [0, 0.05) is 15.1 Å². The van der Waals surface area contributed by atoms with E-state index in [1.807, 2.05) is 6.07 Å². The van der Waals surface area contributed by atoms with Gasteiger partial charge in [-0.2, -0.15) is 0 Å². The van der Waals surface area contributed by atoms with Crippen molar-refractivity contribution in [2.24, 2.45) is 0 Å². The average molecular weight is 378 g/mol. The minimum atomic E-state index is 0.331. The summed E-state index contributed by atoms with van der Waals surface area (Å²) < 4.78 is 7.22. The number of ether oxygens (including phenoxy) is 1. The van der Waals surface area contributed by atoms with Gasteiger partial charge in [0.2, 0.25) is 5.88 Å². The van der Waals surface area contributed by atoms with Gasteiger partial charge in [0.15, 0.2) is 0 Å². The number of rotatable bonds is 2. The van der Waals surface area contributed by atoms with Crippen molar-refractivity contribution in [1.29, 1.82) is 0 Å². The van der Waals surface area contributed by atoms with Crippen LogP contribution in [0.3, 0.4) is 0 Å². The fourth-order valence-electron chi connectivity index (χ4n) is 1.19. The zero-order valence-corrected chi connectivity index (χ0v) is 12.4. The van der Waals surface area contributed by atoms with E-state index in [1.54, 1.807) is 24.4 Å². The van der Waals surface area contributed by atoms with Crippen molar-refractivity contribution in [3.05, 3.63) is 44.4 Å². The van der Waals surface area contributed by atoms with E-state index >= 15 is 0 Å². The van der Waals surface area contributed by atoms with Crippen LogP contribution in [0.5, 0.6) is 11.6 Å². The molecule has 0 aliphatic heterocycles. The van der Waals surface area contributed by atoms with E-state index in [4.69, 9.17) is 22.1 Å². The number of anilines is 1. The summed E-state index contributed by atoms with van der Waals surface area (Å²) in [6.45, 7) is 0. The van der Waals surface area contributed by atoms with Gasteiger partial charge >= 0.3 is 0 Å². The van der Waals surface area contributed by atoms with E-state index in [1.165, 1.54) is 0 Å². The van der Waals surface area contributed by atoms with Crippen LogP contribution in [0.25, 0.3) is 0 Å². The molecule has 0 saturated carbocycles. The van der Waals surface area contributed by atoms with E-state index in [-0.39, 0.29) is 0 Å². The van der Waals surface area contributed by atoms with Crippen LogP contribution in [0.15, 0.2) is 39.4 Å². The van der Waals surface area contributed by atoms with Crippen molar-refractivity contribution in [2.75, 3.05) is 5.73 Å². The first-order chi connectivity index (χ1) is 8.06. The molecule has 0 aliphatic carbocycles. The first-order valence-corrected chi connectivity index (χ1v) is 6.56. The fourth-order valence-corrected chi connectivity index (χ4v) is 2.25. The summed E-state index contributed by atoms with van der Waals surface area (Å²) in [6.07, 6.45) is 1.61. The molecule has 0 radical (unpaired) electrons. The Kier molecular flexibility index (Phi) is 3.91. The maximum atomic E-state index is 6.03. The maximum Gasteiger partial charge on any atom is 0.242 e. The van der Waals surface area contributed by atoms with Gasteiger partial charge in [-0.3, -0.25) is 0 Å². The second kappa shape index (κ2) is 5.25. The highest BCUT2D eigenvalue weighted by Crippen LogP contribution is 2.33. The smallest absolute Gasteiger partial charge is 0.242 e. The van der Waals surface area contributed by atoms with Gasteiger partial charge in [-0.15, -0.1) is 0 Å². The lowest BCUT2D eigenvalue weighted by Crippen LogP contribution is -1.95. The molecule has 0 fully saturated rings. The topological polar surface area (TPSA) is 48.1 Å². The Morgan fingerprint density at radius 3 is 2.59 bits per heavy atom. The highest BCUT2D eigenvalue weighted by atomic mass is 79.9. The van der Waals surface area contributed by atoms with Gasteiger partial charge in [0.05, 0.1) is 10.7 Å². The van der Waals surface area contributed by atoms with E-state index in [0.29, 0.717) is 22.3 Å². The van der Waals surface area contributed by atoms with Crippen molar-refractivity contribution >= 4 is 49.1 Å². The Balaban J connectivity index is 2.31. The summed E-state index contributed by atoms with van der Waals surface area (Å²) in [7, 11) is 0. The van der Waals surface area contributed by atoms with Crippen LogP contribution in [-0.4, -0.2) is 4.98 Å². The van der Waals surface area contributed by atoms with E-state index < -0.39 is 0 Å². The van der Waals surface area contributed by atoms with Crippen LogP contribution in [-0.2, 0) is 0 Å². The van der Waals surface area contributed by atoms with Crippen LogP contribution >= 0.6 is 43.5 Å². The normalized spacial score (nSPS) is 10.3. The van der Waals surface area contributed by atoms with Gasteiger partial charge in [-0.25, -0.2) is 4.98 Å². The SMILES string of the molecule is Nc1cc(Br)cnc1Oc1ccc(Br)cc1Cl. The number of nitrogens with zero attached hydrogens (tertiary/aromatic N) is 1. The molecule has 1 aromatic heterocycles. The lowest BCUT2D eigenvalue weighted by atomic mass is 10.3. The Bertz CT molecular complexity index is 514. The molecule has 0 bridgehead atoms. The predicted molar refractivity (Wildman–Crippen MR) is 75.6 cm³/mol. The molecule has 2 N–H and O–H groups in total. The minimum absolute atomic E-state index is 0.331. The van der Waals surface area contributed by atoms with Gasteiger partial charge in [-0.05, 0) is 40.2 Å². The van der Waals surface area contributed by atoms with Crippen molar-refractivity contribution in [1.82, 2.24) is 4.98 Å². The van der Waals surface area contributed by atoms with Gasteiger partial charge in [-0.1, -0.05) is 27.5 Å². The second-order valence-electron chi connectivity index (χ2n) is 3.22. The zero-order valence-electron chi connectivity index (χ0n) is 8.45. The van der Waals surface area contributed by atoms with Crippen LogP contribution in [0.2, 0.25) is 5.02 Å². The Morgan fingerprint density at radius 2 is 1.94 bits per heavy atom. The molecule has 3 nitrogen and oxygen atoms in total. The lowest BCUT2D eigenvalue weighted by Gasteiger charge is -2.09. The summed E-state index contributed by atoms with van der Waals surface area (Å²) in [5.74, 6) is 0.841. The fraction of sp³-hybridized carbons (Fsp3) is 0. The molecule has 0 atom stereocenters. The predicted octanol–water partition coefficient (Wildman–Crippen LogP) is 4.63. The van der Waals surface area contributed by atoms with Crippen LogP contribution < -0.4 is 10.5 Å². The standard InChI is InChI=1S/C11H7Br2ClN2O/c12-6-1-2-10(8(14)3-6)17-11-9(15)4-7(13)5-16-11/h1-5H,15H2. The van der Waals surface area contributed by atoms with Crippen molar-refractivity contribution in [3.63, 3.8) is 0 Å². The molecule has 17 heavy (non-hydrogen) atoms. The molecule has 1 aromatic carbocycles. The molecular weight excluding hydrogens is 371 g/mol. The van der Waals surface area contributed by atoms with E-state index in [0.717, 1.165) is 8.95 Å². The third-order valence-electron chi connectivity index (χ3n) is 1.95. The summed E-state index contributed by atoms with van der Waals surface area (Å²) in [5, 5.41) is 0.489. The molecule has 1 heterocycles. The molecule has 0 spiro atoms. The Morgan fingerprint density at radius 1 is 1.18 bits per heavy atom. The second-order valence-corrected chi connectivity index (χ2v) is 5.46. The first kappa shape index (κ1) is 12.7. The van der Waals surface area contributed by atoms with Crippen molar-refractivity contribution in [3.8, 4) is 11.6 Å². The third-order valence-corrected chi connectivity index (χ3v) is 3.17. The number of pyridine rings is 1. The quantitative estimate of drug-likeness (QED) is 0.829. The molecule has 6 heteroatoms. The van der Waals surface area contributed by atoms with Gasteiger partial charge in [0.25, 0.3) is 0 Å². The number of nitrogen functional groups attached to an aromatic ring is 1. The highest BCUT2D eigenvalue weighted by Gasteiger charge is 2.08. The zero-order chi connectivity index (χ0) is 12.4.